The van der Waals surface area contributed by atoms with Crippen molar-refractivity contribution in [1.29, 1.82) is 0 Å². The first-order valence-corrected chi connectivity index (χ1v) is 4.49. The summed E-state index contributed by atoms with van der Waals surface area (Å²) in [5.74, 6) is 1.26. The summed E-state index contributed by atoms with van der Waals surface area (Å²) in [6.45, 7) is 6.29. The second-order valence-electron chi connectivity index (χ2n) is 3.58. The lowest BCUT2D eigenvalue weighted by molar-refractivity contribution is 0.815. The molecule has 0 N–H and O–H groups in total. The zero-order valence-corrected chi connectivity index (χ0v) is 8.15. The Morgan fingerprint density at radius 3 is 2.85 bits per heavy atom. The summed E-state index contributed by atoms with van der Waals surface area (Å²) in [5.41, 5.74) is 2.22. The van der Waals surface area contributed by atoms with Gasteiger partial charge < -0.3 is 0 Å². The van der Waals surface area contributed by atoms with Crippen LogP contribution in [0.2, 0.25) is 0 Å². The molecule has 0 saturated heterocycles. The Morgan fingerprint density at radius 1 is 1.38 bits per heavy atom. The minimum Gasteiger partial charge on any atom is -0.288 e. The van der Waals surface area contributed by atoms with Gasteiger partial charge in [0.05, 0.1) is 6.20 Å². The lowest BCUT2D eigenvalue weighted by Crippen LogP contribution is -1.97. The minimum atomic E-state index is 0.460. The molecule has 2 heterocycles. The maximum Gasteiger partial charge on any atom is 0.234 e. The van der Waals surface area contributed by atoms with E-state index in [-0.39, 0.29) is 0 Å². The van der Waals surface area contributed by atoms with Crippen molar-refractivity contribution in [3.8, 4) is 0 Å². The molecular formula is C10H13N3. The lowest BCUT2D eigenvalue weighted by atomic mass is 10.1. The van der Waals surface area contributed by atoms with Gasteiger partial charge in [0.25, 0.3) is 0 Å². The van der Waals surface area contributed by atoms with Crippen molar-refractivity contribution in [3.05, 3.63) is 29.8 Å². The van der Waals surface area contributed by atoms with Crippen LogP contribution >= 0.6 is 0 Å². The molecule has 0 unspecified atom stereocenters. The Balaban J connectivity index is 2.63. The lowest BCUT2D eigenvalue weighted by Gasteiger charge is -2.03. The molecule has 0 atom stereocenters. The summed E-state index contributed by atoms with van der Waals surface area (Å²) in [4.78, 5) is 8.66. The average Bonchev–Trinajstić information content (AvgIpc) is 2.47. The molecule has 0 bridgehead atoms. The number of aromatic nitrogens is 3. The molecule has 0 amide bonds. The smallest absolute Gasteiger partial charge is 0.234 e. The highest BCUT2D eigenvalue weighted by Crippen LogP contribution is 2.12. The molecule has 0 aromatic carbocycles. The van der Waals surface area contributed by atoms with E-state index in [0.29, 0.717) is 5.92 Å². The average molecular weight is 175 g/mol. The van der Waals surface area contributed by atoms with E-state index in [1.54, 1.807) is 0 Å². The zero-order valence-electron chi connectivity index (χ0n) is 8.15. The molecule has 0 aliphatic heterocycles. The van der Waals surface area contributed by atoms with Crippen LogP contribution in [0.5, 0.6) is 0 Å². The third-order valence-corrected chi connectivity index (χ3v) is 2.18. The Bertz CT molecular complexity index is 429. The van der Waals surface area contributed by atoms with E-state index in [0.717, 1.165) is 17.2 Å². The fourth-order valence-electron chi connectivity index (χ4n) is 1.33. The number of imidazole rings is 1. The van der Waals surface area contributed by atoms with Gasteiger partial charge in [0, 0.05) is 17.6 Å². The van der Waals surface area contributed by atoms with Gasteiger partial charge in [0.1, 0.15) is 0 Å². The van der Waals surface area contributed by atoms with Crippen LogP contribution in [0.15, 0.2) is 18.5 Å². The van der Waals surface area contributed by atoms with Crippen LogP contribution in [0, 0.1) is 6.92 Å². The topological polar surface area (TPSA) is 30.2 Å². The second-order valence-corrected chi connectivity index (χ2v) is 3.58. The first-order valence-electron chi connectivity index (χ1n) is 4.49. The first-order chi connectivity index (χ1) is 6.18. The fourth-order valence-corrected chi connectivity index (χ4v) is 1.33. The van der Waals surface area contributed by atoms with E-state index in [1.165, 1.54) is 0 Å². The summed E-state index contributed by atoms with van der Waals surface area (Å²) >= 11 is 0. The highest BCUT2D eigenvalue weighted by atomic mass is 15.1. The molecule has 2 aromatic heterocycles. The van der Waals surface area contributed by atoms with E-state index in [1.807, 2.05) is 29.8 Å². The van der Waals surface area contributed by atoms with Crippen molar-refractivity contribution in [2.45, 2.75) is 26.7 Å². The van der Waals surface area contributed by atoms with Crippen LogP contribution in [0.25, 0.3) is 5.78 Å². The summed E-state index contributed by atoms with van der Waals surface area (Å²) in [6, 6.07) is 2.05. The zero-order chi connectivity index (χ0) is 9.42. The molecule has 3 nitrogen and oxygen atoms in total. The molecule has 3 heteroatoms. The van der Waals surface area contributed by atoms with Crippen molar-refractivity contribution in [2.24, 2.45) is 0 Å². The van der Waals surface area contributed by atoms with E-state index in [4.69, 9.17) is 0 Å². The number of rotatable bonds is 1. The maximum absolute atomic E-state index is 4.45. The molecule has 0 radical (unpaired) electrons. The Labute approximate surface area is 77.4 Å². The quantitative estimate of drug-likeness (QED) is 0.664. The van der Waals surface area contributed by atoms with E-state index in [9.17, 15) is 0 Å². The Morgan fingerprint density at radius 2 is 2.15 bits per heavy atom. The summed E-state index contributed by atoms with van der Waals surface area (Å²) in [7, 11) is 0. The van der Waals surface area contributed by atoms with Gasteiger partial charge in [-0.25, -0.2) is 9.97 Å². The van der Waals surface area contributed by atoms with E-state index < -0.39 is 0 Å². The number of hydrogen-bond donors (Lipinski definition) is 0. The molecule has 0 aliphatic rings. The van der Waals surface area contributed by atoms with Gasteiger partial charge in [0.2, 0.25) is 5.78 Å². The predicted molar refractivity (Wildman–Crippen MR) is 51.8 cm³/mol. The van der Waals surface area contributed by atoms with Crippen LogP contribution in [0.4, 0.5) is 0 Å². The van der Waals surface area contributed by atoms with E-state index >= 15 is 0 Å². The molecule has 13 heavy (non-hydrogen) atoms. The Hall–Kier alpha value is -1.38. The SMILES string of the molecule is Cc1cnc2nc(C(C)C)ccn12. The third-order valence-electron chi connectivity index (χ3n) is 2.18. The highest BCUT2D eigenvalue weighted by Gasteiger charge is 2.04. The van der Waals surface area contributed by atoms with Crippen molar-refractivity contribution >= 4 is 5.78 Å². The van der Waals surface area contributed by atoms with Gasteiger partial charge in [-0.2, -0.15) is 0 Å². The molecule has 0 spiro atoms. The molecule has 0 aliphatic carbocycles. The Kier molecular flexibility index (Phi) is 1.79. The predicted octanol–water partition coefficient (Wildman–Crippen LogP) is 2.16. The largest absolute Gasteiger partial charge is 0.288 e. The number of nitrogens with zero attached hydrogens (tertiary/aromatic N) is 3. The fraction of sp³-hybridized carbons (Fsp3) is 0.400. The summed E-state index contributed by atoms with van der Waals surface area (Å²) in [6.07, 6.45) is 3.87. The summed E-state index contributed by atoms with van der Waals surface area (Å²) in [5, 5.41) is 0. The van der Waals surface area contributed by atoms with Gasteiger partial charge in [-0.15, -0.1) is 0 Å². The van der Waals surface area contributed by atoms with E-state index in [2.05, 4.69) is 23.8 Å². The maximum atomic E-state index is 4.45. The monoisotopic (exact) mass is 175 g/mol. The van der Waals surface area contributed by atoms with Gasteiger partial charge in [-0.05, 0) is 18.9 Å². The highest BCUT2D eigenvalue weighted by molar-refractivity contribution is 5.32. The molecule has 0 fully saturated rings. The standard InChI is InChI=1S/C10H13N3/c1-7(2)9-4-5-13-8(3)6-11-10(13)12-9/h4-7H,1-3H3. The molecule has 68 valence electrons. The van der Waals surface area contributed by atoms with Crippen LogP contribution in [-0.4, -0.2) is 14.4 Å². The number of aryl methyl sites for hydroxylation is 1. The number of hydrogen-bond acceptors (Lipinski definition) is 2. The van der Waals surface area contributed by atoms with Crippen molar-refractivity contribution in [3.63, 3.8) is 0 Å². The molecular weight excluding hydrogens is 162 g/mol. The normalized spacial score (nSPS) is 11.4. The third kappa shape index (κ3) is 1.30. The molecule has 2 rings (SSSR count). The second kappa shape index (κ2) is 2.83. The van der Waals surface area contributed by atoms with Crippen LogP contribution < -0.4 is 0 Å². The molecule has 0 saturated carbocycles. The number of fused-ring (bicyclic) bond motifs is 1. The summed E-state index contributed by atoms with van der Waals surface area (Å²) < 4.78 is 1.99. The van der Waals surface area contributed by atoms with Crippen molar-refractivity contribution in [2.75, 3.05) is 0 Å². The van der Waals surface area contributed by atoms with Gasteiger partial charge in [-0.1, -0.05) is 13.8 Å². The van der Waals surface area contributed by atoms with Crippen LogP contribution in [0.3, 0.4) is 0 Å². The first kappa shape index (κ1) is 8.23. The van der Waals surface area contributed by atoms with Crippen molar-refractivity contribution < 1.29 is 0 Å². The van der Waals surface area contributed by atoms with Crippen molar-refractivity contribution in [1.82, 2.24) is 14.4 Å². The van der Waals surface area contributed by atoms with Gasteiger partial charge in [-0.3, -0.25) is 4.40 Å². The molecule has 2 aromatic rings. The van der Waals surface area contributed by atoms with Crippen LogP contribution in [-0.2, 0) is 0 Å². The van der Waals surface area contributed by atoms with Gasteiger partial charge >= 0.3 is 0 Å². The van der Waals surface area contributed by atoms with Gasteiger partial charge in [0.15, 0.2) is 0 Å². The van der Waals surface area contributed by atoms with Crippen LogP contribution in [0.1, 0.15) is 31.2 Å². The minimum absolute atomic E-state index is 0.460.